The molecule has 0 aromatic carbocycles. The van der Waals surface area contributed by atoms with E-state index in [9.17, 15) is 4.79 Å². The van der Waals surface area contributed by atoms with Crippen LogP contribution in [0.1, 0.15) is 33.6 Å². The molecule has 3 aromatic heterocycles. The Morgan fingerprint density at radius 2 is 2.00 bits per heavy atom. The molecule has 0 bridgehead atoms. The second-order valence-corrected chi connectivity index (χ2v) is 7.91. The predicted octanol–water partition coefficient (Wildman–Crippen LogP) is 2.43. The Kier molecular flexibility index (Phi) is 4.02. The molecule has 2 aliphatic heterocycles. The van der Waals surface area contributed by atoms with Crippen LogP contribution >= 0.6 is 11.3 Å². The first-order chi connectivity index (χ1) is 13.3. The number of nitrogens with zero attached hydrogens (tertiary/aromatic N) is 5. The SMILES string of the molecule is O=C(c1ccnc(-n2cnnc2)c1)N1CCC2(CC1)OCCc1sccc12. The van der Waals surface area contributed by atoms with Crippen molar-refractivity contribution in [2.75, 3.05) is 19.7 Å². The number of hydrogen-bond donors (Lipinski definition) is 0. The van der Waals surface area contributed by atoms with Crippen LogP contribution in [0.25, 0.3) is 5.82 Å². The van der Waals surface area contributed by atoms with Gasteiger partial charge in [0.1, 0.15) is 18.5 Å². The van der Waals surface area contributed by atoms with Gasteiger partial charge in [0, 0.05) is 36.1 Å². The van der Waals surface area contributed by atoms with Crippen molar-refractivity contribution in [1.82, 2.24) is 24.6 Å². The van der Waals surface area contributed by atoms with E-state index in [1.807, 2.05) is 16.2 Å². The average molecular weight is 381 g/mol. The van der Waals surface area contributed by atoms with Gasteiger partial charge in [0.2, 0.25) is 0 Å². The molecule has 5 heterocycles. The van der Waals surface area contributed by atoms with Gasteiger partial charge < -0.3 is 9.64 Å². The molecule has 3 aromatic rings. The third kappa shape index (κ3) is 2.85. The summed E-state index contributed by atoms with van der Waals surface area (Å²) in [4.78, 5) is 20.7. The van der Waals surface area contributed by atoms with Gasteiger partial charge in [0.25, 0.3) is 5.91 Å². The molecular weight excluding hydrogens is 362 g/mol. The second-order valence-electron chi connectivity index (χ2n) is 6.91. The summed E-state index contributed by atoms with van der Waals surface area (Å²) in [6.07, 6.45) is 7.47. The minimum Gasteiger partial charge on any atom is -0.370 e. The first kappa shape index (κ1) is 16.6. The number of aromatic nitrogens is 4. The van der Waals surface area contributed by atoms with Gasteiger partial charge in [-0.3, -0.25) is 9.36 Å². The third-order valence-corrected chi connectivity index (χ3v) is 6.46. The lowest BCUT2D eigenvalue weighted by Crippen LogP contribution is -2.48. The van der Waals surface area contributed by atoms with Crippen molar-refractivity contribution < 1.29 is 9.53 Å². The van der Waals surface area contributed by atoms with Crippen LogP contribution in [0.2, 0.25) is 0 Å². The maximum Gasteiger partial charge on any atom is 0.254 e. The van der Waals surface area contributed by atoms with Gasteiger partial charge in [0.15, 0.2) is 0 Å². The van der Waals surface area contributed by atoms with E-state index < -0.39 is 0 Å². The Bertz CT molecular complexity index is 960. The number of pyridine rings is 1. The Hall–Kier alpha value is -2.58. The molecule has 8 heteroatoms. The summed E-state index contributed by atoms with van der Waals surface area (Å²) in [7, 11) is 0. The van der Waals surface area contributed by atoms with Crippen LogP contribution in [0.4, 0.5) is 0 Å². The van der Waals surface area contributed by atoms with Crippen LogP contribution in [0, 0.1) is 0 Å². The molecule has 1 amide bonds. The second kappa shape index (κ2) is 6.54. The summed E-state index contributed by atoms with van der Waals surface area (Å²) in [5.74, 6) is 0.667. The van der Waals surface area contributed by atoms with Gasteiger partial charge in [-0.15, -0.1) is 21.5 Å². The highest BCUT2D eigenvalue weighted by atomic mass is 32.1. The largest absolute Gasteiger partial charge is 0.370 e. The molecule has 0 unspecified atom stereocenters. The van der Waals surface area contributed by atoms with E-state index >= 15 is 0 Å². The van der Waals surface area contributed by atoms with E-state index in [1.54, 1.807) is 35.6 Å². The Morgan fingerprint density at radius 3 is 2.81 bits per heavy atom. The summed E-state index contributed by atoms with van der Waals surface area (Å²) in [6, 6.07) is 5.74. The van der Waals surface area contributed by atoms with Gasteiger partial charge in [0.05, 0.1) is 12.2 Å². The van der Waals surface area contributed by atoms with Crippen LogP contribution < -0.4 is 0 Å². The predicted molar refractivity (Wildman–Crippen MR) is 99.9 cm³/mol. The normalized spacial score (nSPS) is 18.4. The molecule has 27 heavy (non-hydrogen) atoms. The molecule has 0 N–H and O–H groups in total. The van der Waals surface area contributed by atoms with Gasteiger partial charge in [-0.2, -0.15) is 0 Å². The number of fused-ring (bicyclic) bond motifs is 2. The van der Waals surface area contributed by atoms with Gasteiger partial charge in [-0.1, -0.05) is 0 Å². The quantitative estimate of drug-likeness (QED) is 0.682. The third-order valence-electron chi connectivity index (χ3n) is 5.48. The van der Waals surface area contributed by atoms with Gasteiger partial charge in [-0.25, -0.2) is 4.98 Å². The number of piperidine rings is 1. The number of amides is 1. The average Bonchev–Trinajstić information content (AvgIpc) is 3.41. The molecule has 138 valence electrons. The molecule has 5 rings (SSSR count). The van der Waals surface area contributed by atoms with Gasteiger partial charge in [-0.05, 0) is 42.0 Å². The molecule has 1 fully saturated rings. The van der Waals surface area contributed by atoms with Crippen molar-refractivity contribution in [3.8, 4) is 5.82 Å². The van der Waals surface area contributed by atoms with E-state index in [2.05, 4.69) is 26.6 Å². The molecular formula is C19H19N5O2S. The molecule has 2 aliphatic rings. The molecule has 1 spiro atoms. The number of ether oxygens (including phenoxy) is 1. The van der Waals surface area contributed by atoms with E-state index in [0.717, 1.165) is 25.9 Å². The number of rotatable bonds is 2. The number of hydrogen-bond acceptors (Lipinski definition) is 6. The summed E-state index contributed by atoms with van der Waals surface area (Å²) in [5.41, 5.74) is 1.76. The van der Waals surface area contributed by atoms with Crippen LogP contribution in [-0.4, -0.2) is 50.3 Å². The fourth-order valence-corrected chi connectivity index (χ4v) is 4.99. The van der Waals surface area contributed by atoms with Gasteiger partial charge >= 0.3 is 0 Å². The molecule has 7 nitrogen and oxygen atoms in total. The summed E-state index contributed by atoms with van der Waals surface area (Å²) < 4.78 is 7.92. The van der Waals surface area contributed by atoms with Crippen LogP contribution in [0.5, 0.6) is 0 Å². The van der Waals surface area contributed by atoms with E-state index in [-0.39, 0.29) is 11.5 Å². The van der Waals surface area contributed by atoms with Crippen molar-refractivity contribution in [3.63, 3.8) is 0 Å². The van der Waals surface area contributed by atoms with Crippen molar-refractivity contribution in [3.05, 3.63) is 58.4 Å². The summed E-state index contributed by atoms with van der Waals surface area (Å²) in [5, 5.41) is 9.73. The lowest BCUT2D eigenvalue weighted by molar-refractivity contribution is -0.0926. The molecule has 0 radical (unpaired) electrons. The van der Waals surface area contributed by atoms with E-state index in [4.69, 9.17) is 4.74 Å². The summed E-state index contributed by atoms with van der Waals surface area (Å²) in [6.45, 7) is 2.16. The Labute approximate surface area is 160 Å². The molecule has 1 saturated heterocycles. The highest BCUT2D eigenvalue weighted by Crippen LogP contribution is 2.43. The number of carbonyl (C=O) groups excluding carboxylic acids is 1. The smallest absolute Gasteiger partial charge is 0.254 e. The number of likely N-dealkylation sites (tertiary alicyclic amines) is 1. The van der Waals surface area contributed by atoms with Crippen LogP contribution in [-0.2, 0) is 16.8 Å². The fourth-order valence-electron chi connectivity index (χ4n) is 4.04. The minimum atomic E-state index is -0.212. The van der Waals surface area contributed by atoms with Crippen LogP contribution in [0.3, 0.4) is 0 Å². The molecule has 0 saturated carbocycles. The zero-order valence-corrected chi connectivity index (χ0v) is 15.6. The van der Waals surface area contributed by atoms with Crippen molar-refractivity contribution in [2.24, 2.45) is 0 Å². The standard InChI is InChI=1S/C19H19N5O2S/c25-18(14-1-6-20-17(11-14)24-12-21-22-13-24)23-7-4-19(5-8-23)15-3-10-27-16(15)2-9-26-19/h1,3,6,10-13H,2,4-5,7-9H2. The topological polar surface area (TPSA) is 73.1 Å². The zero-order valence-electron chi connectivity index (χ0n) is 14.7. The van der Waals surface area contributed by atoms with E-state index in [1.165, 1.54) is 10.4 Å². The summed E-state index contributed by atoms with van der Waals surface area (Å²) >= 11 is 1.82. The first-order valence-electron chi connectivity index (χ1n) is 9.06. The highest BCUT2D eigenvalue weighted by Gasteiger charge is 2.42. The van der Waals surface area contributed by atoms with Crippen molar-refractivity contribution >= 4 is 17.2 Å². The minimum absolute atomic E-state index is 0.0305. The monoisotopic (exact) mass is 381 g/mol. The maximum atomic E-state index is 13.0. The maximum absolute atomic E-state index is 13.0. The number of thiophene rings is 1. The fraction of sp³-hybridized carbons (Fsp3) is 0.368. The van der Waals surface area contributed by atoms with Crippen molar-refractivity contribution in [1.29, 1.82) is 0 Å². The van der Waals surface area contributed by atoms with Crippen LogP contribution in [0.15, 0.2) is 42.4 Å². The molecule has 0 atom stereocenters. The van der Waals surface area contributed by atoms with E-state index in [0.29, 0.717) is 24.5 Å². The Morgan fingerprint density at radius 1 is 1.19 bits per heavy atom. The first-order valence-corrected chi connectivity index (χ1v) is 9.94. The molecule has 0 aliphatic carbocycles. The number of carbonyl (C=O) groups is 1. The van der Waals surface area contributed by atoms with Crippen molar-refractivity contribution in [2.45, 2.75) is 24.9 Å². The zero-order chi connectivity index (χ0) is 18.3. The Balaban J connectivity index is 1.33. The highest BCUT2D eigenvalue weighted by molar-refractivity contribution is 7.10. The lowest BCUT2D eigenvalue weighted by atomic mass is 9.82. The lowest BCUT2D eigenvalue weighted by Gasteiger charge is -2.44.